The van der Waals surface area contributed by atoms with E-state index in [2.05, 4.69) is 242 Å². The standard InChI is InChI=1S/C57H42N2/c1-57(2)53-21-13-12-20-49(53)51-36-37-52-50-35-34-48(38-54(50)59(56(52)55(51)57)47-32-26-44(27-33-47)41-18-10-5-11-19-41)58(45-28-22-42(23-29-45)39-14-6-3-7-15-39)46-30-24-43(25-31-46)40-16-8-4-9-17-40/h3-38H,1-2H3. The van der Waals surface area contributed by atoms with Crippen LogP contribution in [-0.2, 0) is 5.41 Å². The number of benzene rings is 9. The van der Waals surface area contributed by atoms with Crippen LogP contribution in [0.15, 0.2) is 218 Å². The molecule has 2 nitrogen and oxygen atoms in total. The van der Waals surface area contributed by atoms with Gasteiger partial charge in [0.1, 0.15) is 0 Å². The minimum absolute atomic E-state index is 0.183. The van der Waals surface area contributed by atoms with Gasteiger partial charge < -0.3 is 9.47 Å². The quantitative estimate of drug-likeness (QED) is 0.157. The average molecular weight is 755 g/mol. The van der Waals surface area contributed by atoms with Gasteiger partial charge in [-0.15, -0.1) is 0 Å². The Morgan fingerprint density at radius 2 is 0.814 bits per heavy atom. The molecule has 0 atom stereocenters. The van der Waals surface area contributed by atoms with Crippen LogP contribution in [0.3, 0.4) is 0 Å². The SMILES string of the molecule is CC1(C)c2ccccc2-c2ccc3c4ccc(N(c5ccc(-c6ccccc6)cc5)c5ccc(-c6ccccc6)cc5)cc4n(-c4ccc(-c5ccccc5)cc4)c3c21. The molecule has 0 saturated carbocycles. The topological polar surface area (TPSA) is 8.17 Å². The molecule has 1 heterocycles. The van der Waals surface area contributed by atoms with Crippen molar-refractivity contribution < 1.29 is 0 Å². The molecule has 1 aliphatic rings. The predicted octanol–water partition coefficient (Wildman–Crippen LogP) is 15.6. The summed E-state index contributed by atoms with van der Waals surface area (Å²) < 4.78 is 2.53. The predicted molar refractivity (Wildman–Crippen MR) is 249 cm³/mol. The number of aromatic nitrogens is 1. The highest BCUT2D eigenvalue weighted by Gasteiger charge is 2.38. The maximum atomic E-state index is 2.53. The summed E-state index contributed by atoms with van der Waals surface area (Å²) in [5.41, 5.74) is 19.4. The second-order valence-electron chi connectivity index (χ2n) is 16.2. The van der Waals surface area contributed by atoms with Gasteiger partial charge in [0.25, 0.3) is 0 Å². The Bertz CT molecular complexity index is 3040. The van der Waals surface area contributed by atoms with Crippen molar-refractivity contribution >= 4 is 38.9 Å². The maximum Gasteiger partial charge on any atom is 0.0588 e. The largest absolute Gasteiger partial charge is 0.310 e. The van der Waals surface area contributed by atoms with Crippen molar-refractivity contribution in [1.82, 2.24) is 4.57 Å². The number of nitrogens with zero attached hydrogens (tertiary/aromatic N) is 2. The van der Waals surface area contributed by atoms with Crippen LogP contribution in [0.5, 0.6) is 0 Å². The van der Waals surface area contributed by atoms with Crippen LogP contribution in [0.1, 0.15) is 25.0 Å². The van der Waals surface area contributed by atoms with Gasteiger partial charge in [0.05, 0.1) is 11.0 Å². The lowest BCUT2D eigenvalue weighted by molar-refractivity contribution is 0.664. The third-order valence-corrected chi connectivity index (χ3v) is 12.4. The van der Waals surface area contributed by atoms with Crippen LogP contribution >= 0.6 is 0 Å². The first kappa shape index (κ1) is 34.8. The lowest BCUT2D eigenvalue weighted by Crippen LogP contribution is -2.16. The number of hydrogen-bond acceptors (Lipinski definition) is 1. The molecule has 0 aliphatic heterocycles. The monoisotopic (exact) mass is 754 g/mol. The third-order valence-electron chi connectivity index (χ3n) is 12.4. The van der Waals surface area contributed by atoms with Crippen molar-refractivity contribution in [3.05, 3.63) is 230 Å². The minimum Gasteiger partial charge on any atom is -0.310 e. The van der Waals surface area contributed by atoms with Crippen molar-refractivity contribution in [3.8, 4) is 50.2 Å². The van der Waals surface area contributed by atoms with E-state index in [0.29, 0.717) is 0 Å². The Hall–Kier alpha value is -7.42. The molecule has 2 heteroatoms. The number of rotatable bonds is 7. The molecule has 0 N–H and O–H groups in total. The zero-order valence-electron chi connectivity index (χ0n) is 33.2. The van der Waals surface area contributed by atoms with Gasteiger partial charge in [-0.1, -0.05) is 184 Å². The molecule has 0 radical (unpaired) electrons. The molecule has 0 saturated heterocycles. The van der Waals surface area contributed by atoms with E-state index in [4.69, 9.17) is 0 Å². The third kappa shape index (κ3) is 5.79. The molecule has 11 rings (SSSR count). The van der Waals surface area contributed by atoms with Crippen LogP contribution in [0.25, 0.3) is 72.0 Å². The van der Waals surface area contributed by atoms with Crippen molar-refractivity contribution in [2.24, 2.45) is 0 Å². The van der Waals surface area contributed by atoms with Gasteiger partial charge in [-0.3, -0.25) is 0 Å². The fourth-order valence-electron chi connectivity index (χ4n) is 9.50. The highest BCUT2D eigenvalue weighted by Crippen LogP contribution is 2.53. The minimum atomic E-state index is -0.183. The van der Waals surface area contributed by atoms with Gasteiger partial charge in [-0.2, -0.15) is 0 Å². The molecular weight excluding hydrogens is 713 g/mol. The van der Waals surface area contributed by atoms with Gasteiger partial charge in [-0.05, 0) is 104 Å². The maximum absolute atomic E-state index is 2.53. The van der Waals surface area contributed by atoms with Gasteiger partial charge in [-0.25, -0.2) is 0 Å². The molecule has 10 aromatic rings. The van der Waals surface area contributed by atoms with E-state index in [1.165, 1.54) is 77.4 Å². The van der Waals surface area contributed by atoms with Crippen LogP contribution in [-0.4, -0.2) is 4.57 Å². The second kappa shape index (κ2) is 13.9. The number of fused-ring (bicyclic) bond motifs is 7. The summed E-state index contributed by atoms with van der Waals surface area (Å²) in [6.07, 6.45) is 0. The zero-order chi connectivity index (χ0) is 39.5. The molecular formula is C57H42N2. The molecule has 9 aromatic carbocycles. The lowest BCUT2D eigenvalue weighted by atomic mass is 9.81. The fraction of sp³-hybridized carbons (Fsp3) is 0.0526. The summed E-state index contributed by atoms with van der Waals surface area (Å²) in [6, 6.07) is 79.7. The Balaban J connectivity index is 1.14. The summed E-state index contributed by atoms with van der Waals surface area (Å²) in [5.74, 6) is 0. The molecule has 1 aromatic heterocycles. The molecule has 1 aliphatic carbocycles. The normalized spacial score (nSPS) is 12.7. The smallest absolute Gasteiger partial charge is 0.0588 e. The zero-order valence-corrected chi connectivity index (χ0v) is 33.2. The number of anilines is 3. The summed E-state index contributed by atoms with van der Waals surface area (Å²) in [5, 5.41) is 2.51. The van der Waals surface area contributed by atoms with Crippen molar-refractivity contribution in [1.29, 1.82) is 0 Å². The van der Waals surface area contributed by atoms with Crippen LogP contribution in [0.2, 0.25) is 0 Å². The van der Waals surface area contributed by atoms with Crippen LogP contribution in [0.4, 0.5) is 17.1 Å². The van der Waals surface area contributed by atoms with E-state index in [1.54, 1.807) is 0 Å². The van der Waals surface area contributed by atoms with Gasteiger partial charge in [0, 0.05) is 38.9 Å². The van der Waals surface area contributed by atoms with E-state index in [1.807, 2.05) is 0 Å². The first-order valence-corrected chi connectivity index (χ1v) is 20.5. The molecule has 0 fully saturated rings. The first-order valence-electron chi connectivity index (χ1n) is 20.5. The number of hydrogen-bond donors (Lipinski definition) is 0. The van der Waals surface area contributed by atoms with Crippen LogP contribution in [0, 0.1) is 0 Å². The lowest BCUT2D eigenvalue weighted by Gasteiger charge is -2.26. The van der Waals surface area contributed by atoms with Gasteiger partial charge >= 0.3 is 0 Å². The average Bonchev–Trinajstić information content (AvgIpc) is 3.75. The van der Waals surface area contributed by atoms with E-state index in [-0.39, 0.29) is 5.41 Å². The Morgan fingerprint density at radius 1 is 0.373 bits per heavy atom. The van der Waals surface area contributed by atoms with Crippen molar-refractivity contribution in [2.45, 2.75) is 19.3 Å². The first-order chi connectivity index (χ1) is 29.0. The van der Waals surface area contributed by atoms with Crippen molar-refractivity contribution in [3.63, 3.8) is 0 Å². The van der Waals surface area contributed by atoms with E-state index < -0.39 is 0 Å². The molecule has 59 heavy (non-hydrogen) atoms. The molecule has 0 bridgehead atoms. The second-order valence-corrected chi connectivity index (χ2v) is 16.2. The highest BCUT2D eigenvalue weighted by atomic mass is 15.1. The molecule has 0 spiro atoms. The Kier molecular flexibility index (Phi) is 8.20. The summed E-state index contributed by atoms with van der Waals surface area (Å²) >= 11 is 0. The molecule has 280 valence electrons. The van der Waals surface area contributed by atoms with Crippen LogP contribution < -0.4 is 4.90 Å². The fourth-order valence-corrected chi connectivity index (χ4v) is 9.50. The van der Waals surface area contributed by atoms with Gasteiger partial charge in [0.15, 0.2) is 0 Å². The Labute approximate surface area is 345 Å². The molecule has 0 unspecified atom stereocenters. The highest BCUT2D eigenvalue weighted by molar-refractivity contribution is 6.14. The molecule has 0 amide bonds. The Morgan fingerprint density at radius 3 is 1.36 bits per heavy atom. The summed E-state index contributed by atoms with van der Waals surface area (Å²) in [6.45, 7) is 4.78. The van der Waals surface area contributed by atoms with Crippen molar-refractivity contribution in [2.75, 3.05) is 4.90 Å². The van der Waals surface area contributed by atoms with E-state index in [9.17, 15) is 0 Å². The summed E-state index contributed by atoms with van der Waals surface area (Å²) in [4.78, 5) is 2.40. The van der Waals surface area contributed by atoms with E-state index >= 15 is 0 Å². The van der Waals surface area contributed by atoms with Gasteiger partial charge in [0.2, 0.25) is 0 Å². The summed E-state index contributed by atoms with van der Waals surface area (Å²) in [7, 11) is 0. The van der Waals surface area contributed by atoms with E-state index in [0.717, 1.165) is 22.7 Å².